The molecule has 0 aromatic carbocycles. The maximum Gasteiger partial charge on any atom is 0.212 e. The number of methoxy groups -OCH3 is 1. The highest BCUT2D eigenvalue weighted by molar-refractivity contribution is 5.63. The van der Waals surface area contributed by atoms with Gasteiger partial charge < -0.3 is 10.1 Å². The molecule has 3 aliphatic heterocycles. The molecule has 5 heteroatoms. The topological polar surface area (TPSA) is 50.3 Å². The van der Waals surface area contributed by atoms with Gasteiger partial charge in [-0.15, -0.1) is 0 Å². The molecular formula is C19H24N4O. The Labute approximate surface area is 143 Å². The van der Waals surface area contributed by atoms with Gasteiger partial charge in [-0.3, -0.25) is 4.90 Å². The first-order valence-corrected chi connectivity index (χ1v) is 8.71. The van der Waals surface area contributed by atoms with Crippen molar-refractivity contribution in [3.05, 3.63) is 36.7 Å². The third kappa shape index (κ3) is 2.84. The van der Waals surface area contributed by atoms with E-state index < -0.39 is 0 Å². The van der Waals surface area contributed by atoms with Crippen LogP contribution in [0.3, 0.4) is 0 Å². The van der Waals surface area contributed by atoms with E-state index in [1.165, 1.54) is 25.9 Å². The van der Waals surface area contributed by atoms with Crippen molar-refractivity contribution in [2.75, 3.05) is 25.5 Å². The second-order valence-electron chi connectivity index (χ2n) is 6.81. The van der Waals surface area contributed by atoms with Gasteiger partial charge in [0, 0.05) is 41.7 Å². The van der Waals surface area contributed by atoms with Crippen molar-refractivity contribution >= 4 is 5.82 Å². The van der Waals surface area contributed by atoms with Crippen LogP contribution in [0.5, 0.6) is 5.88 Å². The first kappa shape index (κ1) is 15.4. The summed E-state index contributed by atoms with van der Waals surface area (Å²) in [6.45, 7) is 4.84. The fourth-order valence-electron chi connectivity index (χ4n) is 4.04. The van der Waals surface area contributed by atoms with E-state index in [4.69, 9.17) is 4.74 Å². The molecule has 3 fully saturated rings. The van der Waals surface area contributed by atoms with E-state index in [0.29, 0.717) is 18.0 Å². The molecule has 5 heterocycles. The van der Waals surface area contributed by atoms with E-state index in [0.717, 1.165) is 22.9 Å². The first-order chi connectivity index (χ1) is 11.7. The summed E-state index contributed by atoms with van der Waals surface area (Å²) in [7, 11) is 1.62. The zero-order valence-electron chi connectivity index (χ0n) is 14.3. The average Bonchev–Trinajstić information content (AvgIpc) is 2.66. The number of anilines is 1. The molecule has 2 aromatic heterocycles. The highest BCUT2D eigenvalue weighted by Crippen LogP contribution is 2.34. The van der Waals surface area contributed by atoms with Crippen molar-refractivity contribution in [2.45, 2.75) is 31.8 Å². The predicted molar refractivity (Wildman–Crippen MR) is 95.2 cm³/mol. The number of piperidine rings is 3. The molecule has 2 atom stereocenters. The number of aromatic nitrogens is 2. The molecule has 0 aliphatic carbocycles. The van der Waals surface area contributed by atoms with Crippen LogP contribution in [-0.2, 0) is 0 Å². The Bertz CT molecular complexity index is 676. The van der Waals surface area contributed by atoms with Crippen LogP contribution in [-0.4, -0.2) is 47.2 Å². The molecule has 0 amide bonds. The second kappa shape index (κ2) is 6.40. The number of rotatable bonds is 4. The summed E-state index contributed by atoms with van der Waals surface area (Å²) in [5.41, 5.74) is 2.11. The van der Waals surface area contributed by atoms with Crippen LogP contribution in [0.15, 0.2) is 36.7 Å². The minimum atomic E-state index is 0.508. The van der Waals surface area contributed by atoms with Gasteiger partial charge in [0.15, 0.2) is 0 Å². The van der Waals surface area contributed by atoms with Crippen molar-refractivity contribution in [3.8, 4) is 17.0 Å². The molecule has 0 unspecified atom stereocenters. The van der Waals surface area contributed by atoms with Crippen LogP contribution >= 0.6 is 0 Å². The predicted octanol–water partition coefficient (Wildman–Crippen LogP) is 3.05. The summed E-state index contributed by atoms with van der Waals surface area (Å²) >= 11 is 0. The van der Waals surface area contributed by atoms with E-state index in [1.807, 2.05) is 24.5 Å². The van der Waals surface area contributed by atoms with E-state index >= 15 is 0 Å². The Hall–Kier alpha value is -2.14. The Morgan fingerprint density at radius 3 is 2.29 bits per heavy atom. The number of hydrogen-bond acceptors (Lipinski definition) is 5. The average molecular weight is 324 g/mol. The van der Waals surface area contributed by atoms with Crippen molar-refractivity contribution in [1.82, 2.24) is 14.9 Å². The van der Waals surface area contributed by atoms with Gasteiger partial charge in [0.2, 0.25) is 5.88 Å². The summed E-state index contributed by atoms with van der Waals surface area (Å²) in [5, 5.41) is 3.67. The summed E-state index contributed by atoms with van der Waals surface area (Å²) in [6, 6.07) is 9.15. The number of nitrogens with zero attached hydrogens (tertiary/aromatic N) is 3. The second-order valence-corrected chi connectivity index (χ2v) is 6.81. The molecular weight excluding hydrogens is 300 g/mol. The lowest BCUT2D eigenvalue weighted by molar-refractivity contribution is 0.0457. The maximum absolute atomic E-state index is 5.10. The largest absolute Gasteiger partial charge is 0.481 e. The Morgan fingerprint density at radius 1 is 1.04 bits per heavy atom. The minimum absolute atomic E-state index is 0.508. The van der Waals surface area contributed by atoms with Gasteiger partial charge in [0.1, 0.15) is 5.82 Å². The highest BCUT2D eigenvalue weighted by Gasteiger charge is 2.39. The maximum atomic E-state index is 5.10. The molecule has 24 heavy (non-hydrogen) atoms. The van der Waals surface area contributed by atoms with Gasteiger partial charge in [-0.2, -0.15) is 0 Å². The molecule has 2 bridgehead atoms. The normalized spacial score (nSPS) is 28.6. The van der Waals surface area contributed by atoms with Crippen LogP contribution in [0, 0.1) is 5.92 Å². The van der Waals surface area contributed by atoms with Crippen LogP contribution in [0.25, 0.3) is 11.1 Å². The van der Waals surface area contributed by atoms with Crippen molar-refractivity contribution in [1.29, 1.82) is 0 Å². The number of nitrogens with one attached hydrogen (secondary N) is 1. The minimum Gasteiger partial charge on any atom is -0.481 e. The molecule has 3 saturated heterocycles. The van der Waals surface area contributed by atoms with E-state index in [-0.39, 0.29) is 0 Å². The van der Waals surface area contributed by atoms with E-state index in [2.05, 4.69) is 39.2 Å². The van der Waals surface area contributed by atoms with Crippen molar-refractivity contribution in [3.63, 3.8) is 0 Å². The molecule has 2 aromatic rings. The number of pyridine rings is 2. The zero-order valence-corrected chi connectivity index (χ0v) is 14.3. The monoisotopic (exact) mass is 324 g/mol. The molecule has 3 aliphatic rings. The van der Waals surface area contributed by atoms with Gasteiger partial charge in [-0.05, 0) is 57.0 Å². The number of ether oxygens (including phenoxy) is 1. The van der Waals surface area contributed by atoms with Crippen molar-refractivity contribution < 1.29 is 4.74 Å². The summed E-state index contributed by atoms with van der Waals surface area (Å²) in [6.07, 6.45) is 6.34. The Morgan fingerprint density at radius 2 is 1.75 bits per heavy atom. The standard InChI is InChI=1S/C19H24N4O/c1-13-19(14-7-9-23(13)10-8-14)22-17-5-3-15(11-20-17)16-4-6-18(24-2)21-12-16/h3-6,11-14,19H,7-10H2,1-2H3,(H,20,22)/t13-,19-/m1/s1. The van der Waals surface area contributed by atoms with Gasteiger partial charge in [-0.1, -0.05) is 0 Å². The quantitative estimate of drug-likeness (QED) is 0.937. The zero-order chi connectivity index (χ0) is 16.5. The summed E-state index contributed by atoms with van der Waals surface area (Å²) in [4.78, 5) is 11.5. The fourth-order valence-corrected chi connectivity index (χ4v) is 4.04. The third-order valence-corrected chi connectivity index (χ3v) is 5.53. The van der Waals surface area contributed by atoms with E-state index in [9.17, 15) is 0 Å². The molecule has 5 nitrogen and oxygen atoms in total. The van der Waals surface area contributed by atoms with Crippen LogP contribution in [0.2, 0.25) is 0 Å². The fraction of sp³-hybridized carbons (Fsp3) is 0.474. The highest BCUT2D eigenvalue weighted by atomic mass is 16.5. The lowest BCUT2D eigenvalue weighted by Crippen LogP contribution is -2.59. The van der Waals surface area contributed by atoms with Crippen molar-refractivity contribution in [2.24, 2.45) is 5.92 Å². The summed E-state index contributed by atoms with van der Waals surface area (Å²) in [5.74, 6) is 2.37. The van der Waals surface area contributed by atoms with Gasteiger partial charge in [-0.25, -0.2) is 9.97 Å². The Balaban J connectivity index is 1.47. The van der Waals surface area contributed by atoms with E-state index in [1.54, 1.807) is 7.11 Å². The van der Waals surface area contributed by atoms with Gasteiger partial charge >= 0.3 is 0 Å². The lowest BCUT2D eigenvalue weighted by Gasteiger charge is -2.50. The lowest BCUT2D eigenvalue weighted by atomic mass is 9.79. The molecule has 0 radical (unpaired) electrons. The molecule has 126 valence electrons. The van der Waals surface area contributed by atoms with Gasteiger partial charge in [0.05, 0.1) is 7.11 Å². The SMILES string of the molecule is COc1ccc(-c2ccc(N[C@H]3C4CCN(CC4)[C@@H]3C)nc2)cn1. The van der Waals surface area contributed by atoms with Gasteiger partial charge in [0.25, 0.3) is 0 Å². The molecule has 1 N–H and O–H groups in total. The first-order valence-electron chi connectivity index (χ1n) is 8.71. The molecule has 5 rings (SSSR count). The van der Waals surface area contributed by atoms with Crippen LogP contribution in [0.1, 0.15) is 19.8 Å². The smallest absolute Gasteiger partial charge is 0.212 e. The van der Waals surface area contributed by atoms with Crippen LogP contribution in [0.4, 0.5) is 5.82 Å². The Kier molecular flexibility index (Phi) is 4.10. The number of fused-ring (bicyclic) bond motifs is 3. The summed E-state index contributed by atoms with van der Waals surface area (Å²) < 4.78 is 5.10. The third-order valence-electron chi connectivity index (χ3n) is 5.53. The molecule has 0 saturated carbocycles. The molecule has 0 spiro atoms. The number of hydrogen-bond donors (Lipinski definition) is 1. The van der Waals surface area contributed by atoms with Crippen LogP contribution < -0.4 is 10.1 Å².